The molecule has 3 unspecified atom stereocenters. The summed E-state index contributed by atoms with van der Waals surface area (Å²) in [6, 6.07) is 11.2. The van der Waals surface area contributed by atoms with E-state index in [1.54, 1.807) is 12.1 Å². The standard InChI is InChI=1S/C13H13NO2S/c14-8-10-6-7-13(15)12(10)9-17(16)11-4-2-1-3-5-11/h1-5,10,12H,6-7,9H2. The van der Waals surface area contributed by atoms with E-state index in [0.29, 0.717) is 12.8 Å². The number of hydrogen-bond acceptors (Lipinski definition) is 3. The molecule has 3 nitrogen and oxygen atoms in total. The number of ketones is 1. The van der Waals surface area contributed by atoms with Crippen LogP contribution in [-0.4, -0.2) is 15.7 Å². The third-order valence-electron chi connectivity index (χ3n) is 3.10. The molecule has 88 valence electrons. The summed E-state index contributed by atoms with van der Waals surface area (Å²) in [4.78, 5) is 12.4. The number of nitriles is 1. The maximum absolute atomic E-state index is 12.1. The van der Waals surface area contributed by atoms with Crippen molar-refractivity contribution in [2.24, 2.45) is 11.8 Å². The van der Waals surface area contributed by atoms with Crippen LogP contribution in [0.2, 0.25) is 0 Å². The molecule has 1 aliphatic carbocycles. The van der Waals surface area contributed by atoms with Crippen molar-refractivity contribution in [1.29, 1.82) is 5.26 Å². The van der Waals surface area contributed by atoms with Crippen LogP contribution >= 0.6 is 0 Å². The second-order valence-corrected chi connectivity index (χ2v) is 5.67. The zero-order valence-corrected chi connectivity index (χ0v) is 10.2. The molecule has 1 aromatic carbocycles. The van der Waals surface area contributed by atoms with Gasteiger partial charge in [-0.15, -0.1) is 0 Å². The van der Waals surface area contributed by atoms with Crippen LogP contribution in [-0.2, 0) is 15.6 Å². The van der Waals surface area contributed by atoms with Gasteiger partial charge in [0.05, 0.1) is 22.8 Å². The lowest BCUT2D eigenvalue weighted by Gasteiger charge is -2.11. The van der Waals surface area contributed by atoms with E-state index in [9.17, 15) is 9.00 Å². The SMILES string of the molecule is N#CC1CCC(=O)C1CS(=O)c1ccccc1. The molecule has 0 saturated heterocycles. The fraction of sp³-hybridized carbons (Fsp3) is 0.385. The largest absolute Gasteiger partial charge is 0.299 e. The smallest absolute Gasteiger partial charge is 0.138 e. The molecular weight excluding hydrogens is 234 g/mol. The number of Topliss-reactive ketones (excluding diaryl/α,β-unsaturated/α-hetero) is 1. The Hall–Kier alpha value is -1.47. The second-order valence-electron chi connectivity index (χ2n) is 4.17. The van der Waals surface area contributed by atoms with Crippen molar-refractivity contribution < 1.29 is 9.00 Å². The Labute approximate surface area is 103 Å². The van der Waals surface area contributed by atoms with Crippen molar-refractivity contribution in [3.05, 3.63) is 30.3 Å². The molecule has 0 radical (unpaired) electrons. The Morgan fingerprint density at radius 3 is 2.71 bits per heavy atom. The van der Waals surface area contributed by atoms with Gasteiger partial charge in [0.15, 0.2) is 0 Å². The van der Waals surface area contributed by atoms with E-state index in [4.69, 9.17) is 5.26 Å². The summed E-state index contributed by atoms with van der Waals surface area (Å²) in [5.41, 5.74) is 0. The molecule has 0 bridgehead atoms. The molecule has 3 atom stereocenters. The van der Waals surface area contributed by atoms with E-state index in [1.807, 2.05) is 18.2 Å². The average molecular weight is 247 g/mol. The minimum absolute atomic E-state index is 0.0841. The molecule has 2 rings (SSSR count). The second kappa shape index (κ2) is 5.24. The van der Waals surface area contributed by atoms with Crippen LogP contribution in [0.3, 0.4) is 0 Å². The number of carbonyl (C=O) groups is 1. The highest BCUT2D eigenvalue weighted by Crippen LogP contribution is 2.29. The predicted octanol–water partition coefficient (Wildman–Crippen LogP) is 1.91. The van der Waals surface area contributed by atoms with Gasteiger partial charge in [0, 0.05) is 23.0 Å². The third kappa shape index (κ3) is 2.62. The fourth-order valence-electron chi connectivity index (χ4n) is 2.10. The number of rotatable bonds is 3. The Kier molecular flexibility index (Phi) is 3.70. The van der Waals surface area contributed by atoms with Gasteiger partial charge in [-0.05, 0) is 18.6 Å². The zero-order chi connectivity index (χ0) is 12.3. The van der Waals surface area contributed by atoms with E-state index >= 15 is 0 Å². The lowest BCUT2D eigenvalue weighted by molar-refractivity contribution is -0.120. The average Bonchev–Trinajstić information content (AvgIpc) is 2.71. The molecule has 0 heterocycles. The third-order valence-corrected chi connectivity index (χ3v) is 4.56. The van der Waals surface area contributed by atoms with Crippen molar-refractivity contribution in [1.82, 2.24) is 0 Å². The van der Waals surface area contributed by atoms with E-state index in [1.165, 1.54) is 0 Å². The summed E-state index contributed by atoms with van der Waals surface area (Å²) in [6.07, 6.45) is 1.07. The van der Waals surface area contributed by atoms with Gasteiger partial charge in [0.2, 0.25) is 0 Å². The first kappa shape index (κ1) is 12.0. The van der Waals surface area contributed by atoms with Crippen LogP contribution in [0.15, 0.2) is 35.2 Å². The molecule has 17 heavy (non-hydrogen) atoms. The highest BCUT2D eigenvalue weighted by atomic mass is 32.2. The molecule has 1 aromatic rings. The van der Waals surface area contributed by atoms with Crippen LogP contribution in [0, 0.1) is 23.2 Å². The summed E-state index contributed by atoms with van der Waals surface area (Å²) in [7, 11) is -1.19. The number of carbonyl (C=O) groups excluding carboxylic acids is 1. The van der Waals surface area contributed by atoms with Gasteiger partial charge in [-0.1, -0.05) is 18.2 Å². The Morgan fingerprint density at radius 1 is 1.35 bits per heavy atom. The normalized spacial score (nSPS) is 25.5. The van der Waals surface area contributed by atoms with Crippen LogP contribution in [0.5, 0.6) is 0 Å². The quantitative estimate of drug-likeness (QED) is 0.819. The summed E-state index contributed by atoms with van der Waals surface area (Å²) < 4.78 is 12.1. The number of nitrogens with zero attached hydrogens (tertiary/aromatic N) is 1. The van der Waals surface area contributed by atoms with Crippen LogP contribution in [0.4, 0.5) is 0 Å². The van der Waals surface area contributed by atoms with Gasteiger partial charge in [-0.2, -0.15) is 5.26 Å². The fourth-order valence-corrected chi connectivity index (χ4v) is 3.50. The summed E-state index contributed by atoms with van der Waals surface area (Å²) in [6.45, 7) is 0. The number of benzene rings is 1. The lowest BCUT2D eigenvalue weighted by atomic mass is 9.99. The highest BCUT2D eigenvalue weighted by molar-refractivity contribution is 7.85. The summed E-state index contributed by atoms with van der Waals surface area (Å²) in [5, 5.41) is 8.94. The van der Waals surface area contributed by atoms with Gasteiger partial charge >= 0.3 is 0 Å². The Morgan fingerprint density at radius 2 is 2.06 bits per heavy atom. The van der Waals surface area contributed by atoms with E-state index < -0.39 is 10.8 Å². The van der Waals surface area contributed by atoms with E-state index in [2.05, 4.69) is 6.07 Å². The molecule has 4 heteroatoms. The minimum Gasteiger partial charge on any atom is -0.299 e. The molecule has 1 saturated carbocycles. The molecule has 0 aromatic heterocycles. The summed E-state index contributed by atoms with van der Waals surface area (Å²) in [5.74, 6) is -0.238. The zero-order valence-electron chi connectivity index (χ0n) is 9.33. The molecule has 0 N–H and O–H groups in total. The van der Waals surface area contributed by atoms with Crippen molar-refractivity contribution in [3.63, 3.8) is 0 Å². The highest BCUT2D eigenvalue weighted by Gasteiger charge is 2.35. The van der Waals surface area contributed by atoms with E-state index in [-0.39, 0.29) is 23.4 Å². The first-order chi connectivity index (χ1) is 8.22. The van der Waals surface area contributed by atoms with Gasteiger partial charge < -0.3 is 0 Å². The van der Waals surface area contributed by atoms with Crippen molar-refractivity contribution in [2.75, 3.05) is 5.75 Å². The molecule has 0 aliphatic heterocycles. The maximum Gasteiger partial charge on any atom is 0.138 e. The van der Waals surface area contributed by atoms with Crippen molar-refractivity contribution in [3.8, 4) is 6.07 Å². The van der Waals surface area contributed by atoms with Crippen molar-refractivity contribution >= 4 is 16.6 Å². The molecule has 0 spiro atoms. The monoisotopic (exact) mass is 247 g/mol. The molecular formula is C13H13NO2S. The van der Waals surface area contributed by atoms with Gasteiger partial charge in [-0.3, -0.25) is 9.00 Å². The van der Waals surface area contributed by atoms with Crippen molar-refractivity contribution in [2.45, 2.75) is 17.7 Å². The predicted molar refractivity (Wildman–Crippen MR) is 64.6 cm³/mol. The Balaban J connectivity index is 2.09. The maximum atomic E-state index is 12.1. The topological polar surface area (TPSA) is 57.9 Å². The first-order valence-corrected chi connectivity index (χ1v) is 6.90. The number of hydrogen-bond donors (Lipinski definition) is 0. The van der Waals surface area contributed by atoms with Crippen LogP contribution < -0.4 is 0 Å². The van der Waals surface area contributed by atoms with Crippen LogP contribution in [0.25, 0.3) is 0 Å². The molecule has 1 fully saturated rings. The van der Waals surface area contributed by atoms with Gasteiger partial charge in [0.1, 0.15) is 5.78 Å². The first-order valence-electron chi connectivity index (χ1n) is 5.58. The minimum atomic E-state index is -1.19. The van der Waals surface area contributed by atoms with Gasteiger partial charge in [0.25, 0.3) is 0 Å². The van der Waals surface area contributed by atoms with E-state index in [0.717, 1.165) is 4.90 Å². The molecule has 0 amide bonds. The van der Waals surface area contributed by atoms with Gasteiger partial charge in [-0.25, -0.2) is 0 Å². The molecule has 1 aliphatic rings. The van der Waals surface area contributed by atoms with Crippen LogP contribution in [0.1, 0.15) is 12.8 Å². The summed E-state index contributed by atoms with van der Waals surface area (Å²) >= 11 is 0. The Bertz CT molecular complexity index is 478. The lowest BCUT2D eigenvalue weighted by Crippen LogP contribution is -2.21.